The first kappa shape index (κ1) is 15.0. The highest BCUT2D eigenvalue weighted by Crippen LogP contribution is 2.39. The van der Waals surface area contributed by atoms with Crippen molar-refractivity contribution < 1.29 is 12.6 Å². The second kappa shape index (κ2) is 4.32. The van der Waals surface area contributed by atoms with Crippen LogP contribution in [0.3, 0.4) is 0 Å². The summed E-state index contributed by atoms with van der Waals surface area (Å²) < 4.78 is 31.7. The lowest BCUT2D eigenvalue weighted by Crippen LogP contribution is -2.22. The Morgan fingerprint density at radius 3 is 2.10 bits per heavy atom. The van der Waals surface area contributed by atoms with Crippen LogP contribution in [-0.4, -0.2) is 14.6 Å². The zero-order valence-corrected chi connectivity index (χ0v) is 13.6. The van der Waals surface area contributed by atoms with E-state index in [2.05, 4.69) is 25.2 Å². The van der Waals surface area contributed by atoms with Crippen LogP contribution in [-0.2, 0) is 21.1 Å². The number of benzene rings is 1. The third kappa shape index (κ3) is 2.87. The van der Waals surface area contributed by atoms with Crippen molar-refractivity contribution in [3.05, 3.63) is 28.8 Å². The van der Waals surface area contributed by atoms with E-state index in [1.807, 2.05) is 32.9 Å². The Hall–Kier alpha value is -1.36. The Morgan fingerprint density at radius 2 is 1.60 bits per heavy atom. The van der Waals surface area contributed by atoms with Gasteiger partial charge in [-0.15, -0.1) is 4.40 Å². The van der Waals surface area contributed by atoms with Gasteiger partial charge in [0.25, 0.3) is 0 Å². The van der Waals surface area contributed by atoms with Crippen LogP contribution in [0.15, 0.2) is 16.5 Å². The molecule has 0 N–H and O–H groups in total. The van der Waals surface area contributed by atoms with E-state index in [0.717, 1.165) is 16.7 Å². The zero-order valence-electron chi connectivity index (χ0n) is 12.8. The molecule has 110 valence electrons. The molecule has 0 saturated carbocycles. The van der Waals surface area contributed by atoms with Crippen LogP contribution in [0.4, 0.5) is 0 Å². The van der Waals surface area contributed by atoms with E-state index in [1.165, 1.54) is 6.21 Å². The first-order valence-corrected chi connectivity index (χ1v) is 7.95. The van der Waals surface area contributed by atoms with E-state index in [0.29, 0.717) is 5.75 Å². The van der Waals surface area contributed by atoms with Crippen LogP contribution in [0, 0.1) is 0 Å². The molecular formula is C15H21NO3S. The molecule has 0 fully saturated rings. The van der Waals surface area contributed by atoms with Gasteiger partial charge < -0.3 is 4.18 Å². The first-order valence-electron chi connectivity index (χ1n) is 6.59. The molecule has 0 amide bonds. The second-order valence-corrected chi connectivity index (χ2v) is 8.42. The molecule has 0 saturated heterocycles. The topological polar surface area (TPSA) is 55.7 Å². The molecule has 1 aliphatic rings. The minimum Gasteiger partial charge on any atom is -0.365 e. The number of fused-ring (bicyclic) bond motifs is 1. The predicted molar refractivity (Wildman–Crippen MR) is 81.0 cm³/mol. The van der Waals surface area contributed by atoms with Crippen molar-refractivity contribution in [2.75, 3.05) is 0 Å². The largest absolute Gasteiger partial charge is 0.428 e. The highest BCUT2D eigenvalue weighted by atomic mass is 32.2. The molecular weight excluding hydrogens is 274 g/mol. The van der Waals surface area contributed by atoms with E-state index in [-0.39, 0.29) is 10.8 Å². The Morgan fingerprint density at radius 1 is 1.00 bits per heavy atom. The fourth-order valence-electron chi connectivity index (χ4n) is 2.08. The van der Waals surface area contributed by atoms with E-state index in [4.69, 9.17) is 4.18 Å². The van der Waals surface area contributed by atoms with Gasteiger partial charge in [0, 0.05) is 11.1 Å². The second-order valence-electron chi connectivity index (χ2n) is 7.19. The molecule has 0 spiro atoms. The minimum absolute atomic E-state index is 0.0286. The van der Waals surface area contributed by atoms with Crippen molar-refractivity contribution in [1.82, 2.24) is 0 Å². The maximum Gasteiger partial charge on any atom is 0.428 e. The van der Waals surface area contributed by atoms with Gasteiger partial charge in [0.2, 0.25) is 0 Å². The van der Waals surface area contributed by atoms with Crippen LogP contribution in [0.1, 0.15) is 58.2 Å². The molecule has 1 aromatic carbocycles. The summed E-state index contributed by atoms with van der Waals surface area (Å²) in [6, 6.07) is 3.98. The molecule has 1 aliphatic heterocycles. The summed E-state index contributed by atoms with van der Waals surface area (Å²) in [6.07, 6.45) is 1.37. The lowest BCUT2D eigenvalue weighted by Gasteiger charge is -2.28. The number of hydrogen-bond acceptors (Lipinski definition) is 3. The van der Waals surface area contributed by atoms with Gasteiger partial charge in [-0.1, -0.05) is 47.6 Å². The van der Waals surface area contributed by atoms with Crippen molar-refractivity contribution >= 4 is 16.5 Å². The number of nitrogens with zero attached hydrogens (tertiary/aromatic N) is 1. The van der Waals surface area contributed by atoms with Crippen LogP contribution < -0.4 is 4.18 Å². The van der Waals surface area contributed by atoms with Gasteiger partial charge >= 0.3 is 10.3 Å². The lowest BCUT2D eigenvalue weighted by molar-refractivity contribution is 0.467. The van der Waals surface area contributed by atoms with E-state index in [1.54, 1.807) is 0 Å². The van der Waals surface area contributed by atoms with E-state index < -0.39 is 10.3 Å². The Bertz CT molecular complexity index is 674. The van der Waals surface area contributed by atoms with Gasteiger partial charge in [-0.2, -0.15) is 8.42 Å². The number of rotatable bonds is 0. The summed E-state index contributed by atoms with van der Waals surface area (Å²) in [7, 11) is -3.86. The van der Waals surface area contributed by atoms with Gasteiger partial charge in [-0.05, 0) is 22.5 Å². The summed E-state index contributed by atoms with van der Waals surface area (Å²) in [5, 5.41) is 0. The average molecular weight is 295 g/mol. The van der Waals surface area contributed by atoms with Gasteiger partial charge in [-0.25, -0.2) is 0 Å². The van der Waals surface area contributed by atoms with Crippen molar-refractivity contribution in [2.45, 2.75) is 52.4 Å². The highest BCUT2D eigenvalue weighted by molar-refractivity contribution is 7.86. The molecule has 0 unspecified atom stereocenters. The number of hydrogen-bond donors (Lipinski definition) is 0. The fraction of sp³-hybridized carbons (Fsp3) is 0.533. The van der Waals surface area contributed by atoms with Crippen LogP contribution >= 0.6 is 0 Å². The quantitative estimate of drug-likeness (QED) is 0.737. The molecule has 1 heterocycles. The summed E-state index contributed by atoms with van der Waals surface area (Å²) >= 11 is 0. The van der Waals surface area contributed by atoms with Crippen molar-refractivity contribution in [3.8, 4) is 5.75 Å². The molecule has 20 heavy (non-hydrogen) atoms. The summed E-state index contributed by atoms with van der Waals surface area (Å²) in [5.74, 6) is 0.403. The van der Waals surface area contributed by atoms with Crippen LogP contribution in [0.5, 0.6) is 5.75 Å². The zero-order chi connectivity index (χ0) is 15.3. The molecule has 4 nitrogen and oxygen atoms in total. The minimum atomic E-state index is -3.86. The molecule has 0 radical (unpaired) electrons. The maximum atomic E-state index is 11.6. The Labute approximate surface area is 121 Å². The monoisotopic (exact) mass is 295 g/mol. The molecule has 2 rings (SSSR count). The van der Waals surface area contributed by atoms with Crippen molar-refractivity contribution in [3.63, 3.8) is 0 Å². The third-order valence-corrected chi connectivity index (χ3v) is 4.04. The summed E-state index contributed by atoms with van der Waals surface area (Å²) in [4.78, 5) is 0. The predicted octanol–water partition coefficient (Wildman–Crippen LogP) is 3.34. The van der Waals surface area contributed by atoms with E-state index in [9.17, 15) is 8.42 Å². The molecule has 0 atom stereocenters. The van der Waals surface area contributed by atoms with Gasteiger partial charge in [0.15, 0.2) is 5.75 Å². The van der Waals surface area contributed by atoms with Crippen molar-refractivity contribution in [1.29, 1.82) is 0 Å². The fourth-order valence-corrected chi connectivity index (χ4v) is 2.76. The Kier molecular flexibility index (Phi) is 3.25. The highest BCUT2D eigenvalue weighted by Gasteiger charge is 2.30. The van der Waals surface area contributed by atoms with Crippen LogP contribution in [0.2, 0.25) is 0 Å². The molecule has 0 aliphatic carbocycles. The van der Waals surface area contributed by atoms with Crippen LogP contribution in [0.25, 0.3) is 0 Å². The average Bonchev–Trinajstić information content (AvgIpc) is 2.23. The van der Waals surface area contributed by atoms with Gasteiger partial charge in [0.05, 0.1) is 6.21 Å². The van der Waals surface area contributed by atoms with Crippen molar-refractivity contribution in [2.24, 2.45) is 4.40 Å². The maximum absolute atomic E-state index is 11.6. The standard InChI is InChI=1S/C15H21NO3S/c1-14(2,3)11-7-10-9-16-20(17,18)19-13(10)12(8-11)15(4,5)6/h7-9H,1-6H3. The molecule has 0 bridgehead atoms. The third-order valence-electron chi connectivity index (χ3n) is 3.30. The molecule has 0 aromatic heterocycles. The van der Waals surface area contributed by atoms with Gasteiger partial charge in [0.1, 0.15) is 0 Å². The normalized spacial score (nSPS) is 17.5. The SMILES string of the molecule is CC(C)(C)c1cc2c(c(C(C)(C)C)c1)OS(=O)(=O)N=C2. The smallest absolute Gasteiger partial charge is 0.365 e. The summed E-state index contributed by atoms with van der Waals surface area (Å²) in [5.41, 5.74) is 2.49. The van der Waals surface area contributed by atoms with E-state index >= 15 is 0 Å². The Balaban J connectivity index is 2.76. The van der Waals surface area contributed by atoms with Gasteiger partial charge in [-0.3, -0.25) is 0 Å². The first-order chi connectivity index (χ1) is 8.90. The molecule has 5 heteroatoms. The molecule has 1 aromatic rings. The lowest BCUT2D eigenvalue weighted by atomic mass is 9.79. The summed E-state index contributed by atoms with van der Waals surface area (Å²) in [6.45, 7) is 12.5.